The molecule has 0 aromatic rings. The monoisotopic (exact) mass is 317 g/mol. The standard InChI is InChI=1S/C22H42B/c1-15(2)21-9-7-17(5)11-19(21)13-23-14-20-12-18(6)8-10-22(20)16(3)4/h15-22H,7-14H2,1-6H3/t17-,18-,19?,20?,21+,22+/m1/s1. The zero-order chi connectivity index (χ0) is 17.0. The van der Waals surface area contributed by atoms with Crippen LogP contribution in [0.4, 0.5) is 0 Å². The Kier molecular flexibility index (Phi) is 7.55. The molecule has 2 unspecified atom stereocenters. The van der Waals surface area contributed by atoms with Crippen LogP contribution < -0.4 is 0 Å². The SMILES string of the molecule is CC(C)[C@@H]1CC[C@@H](C)CC1C[B]CC1C[C@H](C)CC[C@H]1C(C)C. The fraction of sp³-hybridized carbons (Fsp3) is 1.00. The van der Waals surface area contributed by atoms with Crippen LogP contribution in [0.15, 0.2) is 0 Å². The van der Waals surface area contributed by atoms with Crippen molar-refractivity contribution < 1.29 is 0 Å². The van der Waals surface area contributed by atoms with Gasteiger partial charge in [0.25, 0.3) is 0 Å². The summed E-state index contributed by atoms with van der Waals surface area (Å²) in [4.78, 5) is 0. The van der Waals surface area contributed by atoms with Crippen LogP contribution in [0.2, 0.25) is 12.6 Å². The smallest absolute Gasteiger partial charge is 0.0772 e. The van der Waals surface area contributed by atoms with Gasteiger partial charge in [-0.15, -0.1) is 0 Å². The fourth-order valence-electron chi connectivity index (χ4n) is 5.87. The molecule has 0 amide bonds. The van der Waals surface area contributed by atoms with Gasteiger partial charge in [0.05, 0.1) is 0 Å². The summed E-state index contributed by atoms with van der Waals surface area (Å²) in [6.45, 7) is 14.7. The third kappa shape index (κ3) is 5.53. The topological polar surface area (TPSA) is 0 Å². The zero-order valence-electron chi connectivity index (χ0n) is 16.9. The maximum Gasteiger partial charge on any atom is 0.110 e. The van der Waals surface area contributed by atoms with Crippen molar-refractivity contribution in [2.24, 2.45) is 47.3 Å². The Hall–Kier alpha value is 0.0649. The fourth-order valence-corrected chi connectivity index (χ4v) is 5.87. The normalized spacial score (nSPS) is 39.0. The van der Waals surface area contributed by atoms with Gasteiger partial charge in [-0.25, -0.2) is 0 Å². The average Bonchev–Trinajstić information content (AvgIpc) is 2.46. The molecule has 0 spiro atoms. The van der Waals surface area contributed by atoms with Crippen LogP contribution in [0.25, 0.3) is 0 Å². The molecule has 0 aromatic heterocycles. The Bertz CT molecular complexity index is 303. The van der Waals surface area contributed by atoms with Crippen LogP contribution in [0.1, 0.15) is 80.1 Å². The minimum absolute atomic E-state index is 0.874. The van der Waals surface area contributed by atoms with Crippen LogP contribution in [0.5, 0.6) is 0 Å². The van der Waals surface area contributed by atoms with Gasteiger partial charge in [0.15, 0.2) is 0 Å². The highest BCUT2D eigenvalue weighted by atomic mass is 14.4. The number of hydrogen-bond acceptors (Lipinski definition) is 0. The van der Waals surface area contributed by atoms with Gasteiger partial charge in [-0.1, -0.05) is 67.0 Å². The average molecular weight is 317 g/mol. The summed E-state index contributed by atoms with van der Waals surface area (Å²) < 4.78 is 0. The number of rotatable bonds is 6. The van der Waals surface area contributed by atoms with Gasteiger partial charge in [0.2, 0.25) is 0 Å². The summed E-state index contributed by atoms with van der Waals surface area (Å²) in [6.07, 6.45) is 11.6. The maximum absolute atomic E-state index is 2.72. The molecule has 0 bridgehead atoms. The molecule has 0 heterocycles. The molecule has 1 radical (unpaired) electrons. The molecule has 0 saturated heterocycles. The summed E-state index contributed by atoms with van der Waals surface area (Å²) in [5, 5.41) is 0. The van der Waals surface area contributed by atoms with Crippen LogP contribution in [0, 0.1) is 47.3 Å². The predicted molar refractivity (Wildman–Crippen MR) is 105 cm³/mol. The first kappa shape index (κ1) is 19.4. The summed E-state index contributed by atoms with van der Waals surface area (Å²) in [7, 11) is 2.72. The summed E-state index contributed by atoms with van der Waals surface area (Å²) in [5.41, 5.74) is 0. The van der Waals surface area contributed by atoms with E-state index in [1.54, 1.807) is 0 Å². The van der Waals surface area contributed by atoms with Crippen molar-refractivity contribution in [3.8, 4) is 0 Å². The lowest BCUT2D eigenvalue weighted by Crippen LogP contribution is -2.31. The molecule has 2 aliphatic carbocycles. The second-order valence-corrected chi connectivity index (χ2v) is 9.93. The molecular weight excluding hydrogens is 275 g/mol. The van der Waals surface area contributed by atoms with Crippen LogP contribution in [0.3, 0.4) is 0 Å². The molecular formula is C22H42B. The van der Waals surface area contributed by atoms with Gasteiger partial charge in [-0.05, 0) is 73.0 Å². The molecule has 2 saturated carbocycles. The first-order valence-corrected chi connectivity index (χ1v) is 10.7. The third-order valence-electron chi connectivity index (χ3n) is 7.26. The first-order chi connectivity index (χ1) is 10.9. The van der Waals surface area contributed by atoms with E-state index in [1.807, 2.05) is 0 Å². The molecule has 0 aromatic carbocycles. The molecule has 2 rings (SSSR count). The van der Waals surface area contributed by atoms with Crippen molar-refractivity contribution in [1.82, 2.24) is 0 Å². The third-order valence-corrected chi connectivity index (χ3v) is 7.26. The molecule has 2 fully saturated rings. The van der Waals surface area contributed by atoms with E-state index in [1.165, 1.54) is 51.2 Å². The molecule has 0 N–H and O–H groups in total. The minimum atomic E-state index is 0.874. The van der Waals surface area contributed by atoms with Gasteiger partial charge in [0, 0.05) is 0 Å². The lowest BCUT2D eigenvalue weighted by atomic mass is 9.54. The lowest BCUT2D eigenvalue weighted by Gasteiger charge is -2.39. The Morgan fingerprint density at radius 3 is 1.43 bits per heavy atom. The molecule has 2 aliphatic rings. The zero-order valence-corrected chi connectivity index (χ0v) is 16.9. The molecule has 6 atom stereocenters. The Morgan fingerprint density at radius 2 is 1.09 bits per heavy atom. The molecule has 133 valence electrons. The van der Waals surface area contributed by atoms with Gasteiger partial charge in [-0.3, -0.25) is 0 Å². The van der Waals surface area contributed by atoms with Crippen molar-refractivity contribution in [3.63, 3.8) is 0 Å². The van der Waals surface area contributed by atoms with E-state index < -0.39 is 0 Å². The van der Waals surface area contributed by atoms with E-state index in [0.29, 0.717) is 0 Å². The van der Waals surface area contributed by atoms with Crippen LogP contribution in [-0.4, -0.2) is 7.28 Å². The van der Waals surface area contributed by atoms with Crippen LogP contribution in [-0.2, 0) is 0 Å². The highest BCUT2D eigenvalue weighted by Crippen LogP contribution is 2.42. The van der Waals surface area contributed by atoms with Crippen molar-refractivity contribution in [3.05, 3.63) is 0 Å². The van der Waals surface area contributed by atoms with E-state index >= 15 is 0 Å². The van der Waals surface area contributed by atoms with Gasteiger partial charge in [0.1, 0.15) is 7.28 Å². The Balaban J connectivity index is 1.83. The van der Waals surface area contributed by atoms with Crippen molar-refractivity contribution in [1.29, 1.82) is 0 Å². The second kappa shape index (κ2) is 8.96. The summed E-state index contributed by atoms with van der Waals surface area (Å²) in [6, 6.07) is 0. The lowest BCUT2D eigenvalue weighted by molar-refractivity contribution is 0.152. The first-order valence-electron chi connectivity index (χ1n) is 10.7. The highest BCUT2D eigenvalue weighted by Gasteiger charge is 2.33. The van der Waals surface area contributed by atoms with Gasteiger partial charge in [-0.2, -0.15) is 0 Å². The van der Waals surface area contributed by atoms with E-state index in [9.17, 15) is 0 Å². The highest BCUT2D eigenvalue weighted by molar-refractivity contribution is 6.35. The van der Waals surface area contributed by atoms with Crippen LogP contribution >= 0.6 is 0 Å². The molecule has 0 aliphatic heterocycles. The quantitative estimate of drug-likeness (QED) is 0.465. The van der Waals surface area contributed by atoms with E-state index in [0.717, 1.165) is 47.3 Å². The van der Waals surface area contributed by atoms with Crippen molar-refractivity contribution in [2.75, 3.05) is 0 Å². The minimum Gasteiger partial charge on any atom is -0.0772 e. The summed E-state index contributed by atoms with van der Waals surface area (Å²) in [5.74, 6) is 7.57. The predicted octanol–water partition coefficient (Wildman–Crippen LogP) is 6.94. The van der Waals surface area contributed by atoms with E-state index in [4.69, 9.17) is 0 Å². The molecule has 1 heteroatoms. The largest absolute Gasteiger partial charge is 0.110 e. The molecule has 23 heavy (non-hydrogen) atoms. The van der Waals surface area contributed by atoms with Gasteiger partial charge < -0.3 is 0 Å². The van der Waals surface area contributed by atoms with E-state index in [2.05, 4.69) is 48.8 Å². The van der Waals surface area contributed by atoms with Crippen molar-refractivity contribution >= 4 is 7.28 Å². The molecule has 0 nitrogen and oxygen atoms in total. The second-order valence-electron chi connectivity index (χ2n) is 9.93. The van der Waals surface area contributed by atoms with E-state index in [-0.39, 0.29) is 0 Å². The Labute approximate surface area is 147 Å². The number of hydrogen-bond donors (Lipinski definition) is 0. The van der Waals surface area contributed by atoms with Crippen molar-refractivity contribution in [2.45, 2.75) is 92.7 Å². The van der Waals surface area contributed by atoms with Gasteiger partial charge >= 0.3 is 0 Å². The Morgan fingerprint density at radius 1 is 0.696 bits per heavy atom. The maximum atomic E-state index is 2.72. The summed E-state index contributed by atoms with van der Waals surface area (Å²) >= 11 is 0.